The van der Waals surface area contributed by atoms with Crippen molar-refractivity contribution in [3.63, 3.8) is 0 Å². The van der Waals surface area contributed by atoms with Crippen molar-refractivity contribution in [1.82, 2.24) is 15.3 Å². The average Bonchev–Trinajstić information content (AvgIpc) is 3.44. The summed E-state index contributed by atoms with van der Waals surface area (Å²) in [6.45, 7) is 5.57. The lowest BCUT2D eigenvalue weighted by Gasteiger charge is -2.29. The van der Waals surface area contributed by atoms with Gasteiger partial charge in [0.15, 0.2) is 0 Å². The molecular formula is C25H33ClN5O4P. The molecule has 3 aliphatic rings. The normalized spacial score (nSPS) is 26.7. The highest BCUT2D eigenvalue weighted by Gasteiger charge is 2.46. The maximum atomic E-state index is 13.3. The molecule has 2 heterocycles. The number of hydrogen-bond donors (Lipinski definition) is 3. The van der Waals surface area contributed by atoms with E-state index in [1.54, 1.807) is 6.20 Å². The molecule has 194 valence electrons. The van der Waals surface area contributed by atoms with Crippen LogP contribution in [0, 0.1) is 18.8 Å². The number of anilines is 2. The standard InChI is InChI=1S/C25H33ClN5O4P/c1-15-3-4-16(9-22(15)26)11-27-23-21(12-28-25(30-23)31-13-17-10-18(17)14-31)24(32)29-19-5-7-20(8-6-19)35-36(2,33)34/h3-4,9,12,17-20H,5-8,10-11,13-14H2,1-2H3,(H,29,32)(H,33,34)(H,27,28,30)/t17?,18?,19-,20-. The summed E-state index contributed by atoms with van der Waals surface area (Å²) < 4.78 is 16.8. The molecule has 9 nitrogen and oxygen atoms in total. The van der Waals surface area contributed by atoms with E-state index in [4.69, 9.17) is 21.1 Å². The van der Waals surface area contributed by atoms with Crippen LogP contribution in [0.15, 0.2) is 24.4 Å². The molecule has 3 unspecified atom stereocenters. The van der Waals surface area contributed by atoms with E-state index >= 15 is 0 Å². The summed E-state index contributed by atoms with van der Waals surface area (Å²) in [6.07, 6.45) is 5.24. The van der Waals surface area contributed by atoms with Gasteiger partial charge < -0.3 is 25.0 Å². The van der Waals surface area contributed by atoms with Crippen LogP contribution in [0.1, 0.15) is 53.6 Å². The monoisotopic (exact) mass is 533 g/mol. The molecule has 1 amide bonds. The Balaban J connectivity index is 1.28. The summed E-state index contributed by atoms with van der Waals surface area (Å²) in [4.78, 5) is 34.2. The van der Waals surface area contributed by atoms with Crippen molar-refractivity contribution in [3.05, 3.63) is 46.1 Å². The molecule has 0 bridgehead atoms. The number of carbonyl (C=O) groups is 1. The molecule has 3 fully saturated rings. The molecule has 1 aromatic heterocycles. The van der Waals surface area contributed by atoms with Crippen LogP contribution in [0.3, 0.4) is 0 Å². The zero-order valence-electron chi connectivity index (χ0n) is 20.6. The topological polar surface area (TPSA) is 117 Å². The van der Waals surface area contributed by atoms with Crippen molar-refractivity contribution in [1.29, 1.82) is 0 Å². The largest absolute Gasteiger partial charge is 0.365 e. The predicted octanol–water partition coefficient (Wildman–Crippen LogP) is 4.38. The number of benzene rings is 1. The summed E-state index contributed by atoms with van der Waals surface area (Å²) in [6, 6.07) is 5.86. The van der Waals surface area contributed by atoms with Crippen molar-refractivity contribution < 1.29 is 18.8 Å². The van der Waals surface area contributed by atoms with Gasteiger partial charge in [0.25, 0.3) is 5.91 Å². The molecule has 3 N–H and O–H groups in total. The number of hydrogen-bond acceptors (Lipinski definition) is 7. The minimum atomic E-state index is -3.51. The van der Waals surface area contributed by atoms with Gasteiger partial charge in [0.1, 0.15) is 11.4 Å². The van der Waals surface area contributed by atoms with Crippen LogP contribution in [0.25, 0.3) is 0 Å². The van der Waals surface area contributed by atoms with Gasteiger partial charge in [-0.2, -0.15) is 4.98 Å². The first-order valence-electron chi connectivity index (χ1n) is 12.5. The van der Waals surface area contributed by atoms with Gasteiger partial charge in [-0.1, -0.05) is 23.7 Å². The summed E-state index contributed by atoms with van der Waals surface area (Å²) in [7, 11) is -3.51. The second-order valence-corrected chi connectivity index (χ2v) is 12.6. The molecule has 2 saturated carbocycles. The highest BCUT2D eigenvalue weighted by atomic mass is 35.5. The van der Waals surface area contributed by atoms with E-state index in [0.29, 0.717) is 54.6 Å². The Bertz CT molecular complexity index is 1170. The van der Waals surface area contributed by atoms with Crippen LogP contribution in [0.2, 0.25) is 5.02 Å². The second kappa shape index (κ2) is 10.3. The van der Waals surface area contributed by atoms with Crippen LogP contribution in [-0.2, 0) is 15.6 Å². The maximum Gasteiger partial charge on any atom is 0.325 e. The molecule has 0 spiro atoms. The van der Waals surface area contributed by atoms with E-state index in [1.165, 1.54) is 13.1 Å². The van der Waals surface area contributed by atoms with Crippen molar-refractivity contribution in [2.75, 3.05) is 30.0 Å². The van der Waals surface area contributed by atoms with Crippen LogP contribution in [0.4, 0.5) is 11.8 Å². The fraction of sp³-hybridized carbons (Fsp3) is 0.560. The summed E-state index contributed by atoms with van der Waals surface area (Å²) in [5.74, 6) is 2.40. The molecule has 1 saturated heterocycles. The summed E-state index contributed by atoms with van der Waals surface area (Å²) in [5.41, 5.74) is 2.40. The predicted molar refractivity (Wildman–Crippen MR) is 140 cm³/mol. The first-order chi connectivity index (χ1) is 17.1. The number of halogens is 1. The molecule has 0 radical (unpaired) electrons. The fourth-order valence-corrected chi connectivity index (χ4v) is 6.14. The first-order valence-corrected chi connectivity index (χ1v) is 15.0. The molecule has 2 aliphatic carbocycles. The first kappa shape index (κ1) is 25.5. The van der Waals surface area contributed by atoms with Gasteiger partial charge in [0.05, 0.1) is 6.10 Å². The second-order valence-electron chi connectivity index (χ2n) is 10.4. The smallest absolute Gasteiger partial charge is 0.325 e. The Kier molecular flexibility index (Phi) is 7.27. The molecule has 5 rings (SSSR count). The van der Waals surface area contributed by atoms with Gasteiger partial charge in [0.2, 0.25) is 5.95 Å². The lowest BCUT2D eigenvalue weighted by atomic mass is 9.93. The Labute approximate surface area is 216 Å². The molecule has 1 aromatic carbocycles. The highest BCUT2D eigenvalue weighted by Crippen LogP contribution is 2.46. The zero-order chi connectivity index (χ0) is 25.4. The Hall–Kier alpha value is -2.19. The SMILES string of the molecule is Cc1ccc(CNc2nc(N3CC4CC4C3)ncc2C(=O)N[C@H]2CC[C@H](OP(C)(=O)O)CC2)cc1Cl. The molecule has 1 aliphatic heterocycles. The number of nitrogens with one attached hydrogen (secondary N) is 2. The maximum absolute atomic E-state index is 13.3. The number of rotatable bonds is 8. The molecule has 36 heavy (non-hydrogen) atoms. The molecular weight excluding hydrogens is 501 g/mol. The minimum absolute atomic E-state index is 0.0404. The fourth-order valence-electron chi connectivity index (χ4n) is 5.17. The average molecular weight is 534 g/mol. The lowest BCUT2D eigenvalue weighted by Crippen LogP contribution is -2.39. The number of aromatic nitrogens is 2. The quantitative estimate of drug-likeness (QED) is 0.428. The summed E-state index contributed by atoms with van der Waals surface area (Å²) in [5, 5.41) is 7.13. The van der Waals surface area contributed by atoms with E-state index in [-0.39, 0.29) is 18.1 Å². The number of fused-ring (bicyclic) bond motifs is 1. The highest BCUT2D eigenvalue weighted by molar-refractivity contribution is 7.51. The van der Waals surface area contributed by atoms with E-state index in [9.17, 15) is 14.3 Å². The van der Waals surface area contributed by atoms with Gasteiger partial charge in [0, 0.05) is 43.6 Å². The van der Waals surface area contributed by atoms with Gasteiger partial charge in [-0.25, -0.2) is 4.98 Å². The third-order valence-corrected chi connectivity index (χ3v) is 8.43. The van der Waals surface area contributed by atoms with Gasteiger partial charge in [-0.05, 0) is 68.1 Å². The van der Waals surface area contributed by atoms with Gasteiger partial charge in [-0.3, -0.25) is 9.36 Å². The number of piperidine rings is 1. The third kappa shape index (κ3) is 6.20. The van der Waals surface area contributed by atoms with Crippen molar-refractivity contribution in [2.45, 2.75) is 57.7 Å². The minimum Gasteiger partial charge on any atom is -0.365 e. The van der Waals surface area contributed by atoms with Crippen LogP contribution < -0.4 is 15.5 Å². The summed E-state index contributed by atoms with van der Waals surface area (Å²) >= 11 is 6.30. The molecule has 3 atom stereocenters. The van der Waals surface area contributed by atoms with E-state index in [1.807, 2.05) is 25.1 Å². The molecule has 2 aromatic rings. The van der Waals surface area contributed by atoms with E-state index < -0.39 is 7.60 Å². The lowest BCUT2D eigenvalue weighted by molar-refractivity contribution is 0.0882. The van der Waals surface area contributed by atoms with Crippen LogP contribution in [-0.4, -0.2) is 52.7 Å². The Morgan fingerprint density at radius 1 is 1.25 bits per heavy atom. The Morgan fingerprint density at radius 3 is 2.64 bits per heavy atom. The van der Waals surface area contributed by atoms with E-state index in [0.717, 1.165) is 36.1 Å². The number of aryl methyl sites for hydroxylation is 1. The van der Waals surface area contributed by atoms with Crippen LogP contribution >= 0.6 is 19.2 Å². The zero-order valence-corrected chi connectivity index (χ0v) is 22.3. The number of amides is 1. The van der Waals surface area contributed by atoms with E-state index in [2.05, 4.69) is 20.5 Å². The van der Waals surface area contributed by atoms with Gasteiger partial charge in [-0.15, -0.1) is 0 Å². The van der Waals surface area contributed by atoms with Crippen molar-refractivity contribution >= 4 is 36.9 Å². The Morgan fingerprint density at radius 2 is 1.97 bits per heavy atom. The third-order valence-electron chi connectivity index (χ3n) is 7.33. The van der Waals surface area contributed by atoms with Crippen LogP contribution in [0.5, 0.6) is 0 Å². The van der Waals surface area contributed by atoms with Crippen molar-refractivity contribution in [2.24, 2.45) is 11.8 Å². The number of nitrogens with zero attached hydrogens (tertiary/aromatic N) is 3. The van der Waals surface area contributed by atoms with Crippen molar-refractivity contribution in [3.8, 4) is 0 Å². The number of carbonyl (C=O) groups excluding carboxylic acids is 1. The molecule has 11 heteroatoms. The van der Waals surface area contributed by atoms with Gasteiger partial charge >= 0.3 is 7.60 Å².